The monoisotopic (exact) mass is 196 g/mol. The first-order chi connectivity index (χ1) is 7.38. The summed E-state index contributed by atoms with van der Waals surface area (Å²) in [5, 5.41) is 10.0. The van der Waals surface area contributed by atoms with Crippen molar-refractivity contribution in [2.75, 3.05) is 0 Å². The third-order valence-corrected chi connectivity index (χ3v) is 3.26. The number of rotatable bonds is 0. The molecular weight excluding hydrogens is 184 g/mol. The number of nitriles is 1. The summed E-state index contributed by atoms with van der Waals surface area (Å²) in [4.78, 5) is 3.17. The van der Waals surface area contributed by atoms with E-state index in [2.05, 4.69) is 23.2 Å². The molecular formula is C13H12N2. The molecule has 1 aromatic heterocycles. The lowest BCUT2D eigenvalue weighted by atomic mass is 9.90. The van der Waals surface area contributed by atoms with E-state index in [1.54, 1.807) is 6.20 Å². The second-order valence-electron chi connectivity index (χ2n) is 4.19. The zero-order valence-corrected chi connectivity index (χ0v) is 8.51. The molecule has 1 aromatic carbocycles. The molecule has 0 spiro atoms. The number of hydrogen-bond acceptors (Lipinski definition) is 1. The van der Waals surface area contributed by atoms with Gasteiger partial charge in [-0.25, -0.2) is 0 Å². The first-order valence-corrected chi connectivity index (χ1v) is 5.41. The van der Waals surface area contributed by atoms with Crippen molar-refractivity contribution in [3.8, 4) is 6.07 Å². The molecule has 2 nitrogen and oxygen atoms in total. The zero-order valence-electron chi connectivity index (χ0n) is 8.51. The highest BCUT2D eigenvalue weighted by molar-refractivity contribution is 5.87. The number of hydrogen-bond donors (Lipinski definition) is 1. The van der Waals surface area contributed by atoms with Gasteiger partial charge in [-0.05, 0) is 48.9 Å². The highest BCUT2D eigenvalue weighted by Gasteiger charge is 2.12. The fraction of sp³-hybridized carbons (Fsp3) is 0.308. The lowest BCUT2D eigenvalue weighted by Crippen LogP contribution is -2.01. The molecule has 0 atom stereocenters. The molecule has 1 aliphatic rings. The van der Waals surface area contributed by atoms with Crippen molar-refractivity contribution < 1.29 is 0 Å². The second-order valence-corrected chi connectivity index (χ2v) is 4.19. The van der Waals surface area contributed by atoms with Crippen LogP contribution in [0.5, 0.6) is 0 Å². The van der Waals surface area contributed by atoms with E-state index in [9.17, 15) is 0 Å². The Morgan fingerprint density at radius 3 is 2.60 bits per heavy atom. The summed E-state index contributed by atoms with van der Waals surface area (Å²) >= 11 is 0. The second kappa shape index (κ2) is 3.13. The number of aryl methyl sites for hydroxylation is 2. The standard InChI is InChI=1S/C13H12N2/c14-7-11-8-15-13-6-10-4-2-1-3-9(10)5-12(11)13/h5-6,8,15H,1-4H2. The number of nitrogens with zero attached hydrogens (tertiary/aromatic N) is 1. The van der Waals surface area contributed by atoms with Crippen molar-refractivity contribution in [3.05, 3.63) is 35.0 Å². The van der Waals surface area contributed by atoms with Crippen molar-refractivity contribution in [1.82, 2.24) is 4.98 Å². The van der Waals surface area contributed by atoms with Gasteiger partial charge in [0.2, 0.25) is 0 Å². The molecule has 2 aromatic rings. The third kappa shape index (κ3) is 1.24. The van der Waals surface area contributed by atoms with E-state index in [1.165, 1.54) is 36.8 Å². The van der Waals surface area contributed by atoms with Crippen LogP contribution < -0.4 is 0 Å². The van der Waals surface area contributed by atoms with Crippen LogP contribution in [0.4, 0.5) is 0 Å². The molecule has 15 heavy (non-hydrogen) atoms. The van der Waals surface area contributed by atoms with Crippen molar-refractivity contribution in [2.24, 2.45) is 0 Å². The average Bonchev–Trinajstić information content (AvgIpc) is 2.68. The van der Waals surface area contributed by atoms with Crippen LogP contribution in [0.15, 0.2) is 18.3 Å². The van der Waals surface area contributed by atoms with E-state index >= 15 is 0 Å². The van der Waals surface area contributed by atoms with Gasteiger partial charge in [-0.2, -0.15) is 5.26 Å². The Morgan fingerprint density at radius 1 is 1.13 bits per heavy atom. The first kappa shape index (κ1) is 8.55. The van der Waals surface area contributed by atoms with Gasteiger partial charge in [-0.15, -0.1) is 0 Å². The Balaban J connectivity index is 2.29. The Morgan fingerprint density at radius 2 is 1.87 bits per heavy atom. The van der Waals surface area contributed by atoms with Crippen LogP contribution in [0.3, 0.4) is 0 Å². The van der Waals surface area contributed by atoms with Crippen LogP contribution in [-0.2, 0) is 12.8 Å². The van der Waals surface area contributed by atoms with Gasteiger partial charge < -0.3 is 4.98 Å². The van der Waals surface area contributed by atoms with E-state index in [0.29, 0.717) is 0 Å². The summed E-state index contributed by atoms with van der Waals surface area (Å²) < 4.78 is 0. The SMILES string of the molecule is N#Cc1c[nH]c2cc3c(cc12)CCCC3. The van der Waals surface area contributed by atoms with Crippen LogP contribution in [0.2, 0.25) is 0 Å². The molecule has 74 valence electrons. The van der Waals surface area contributed by atoms with E-state index < -0.39 is 0 Å². The molecule has 0 unspecified atom stereocenters. The molecule has 3 rings (SSSR count). The highest BCUT2D eigenvalue weighted by Crippen LogP contribution is 2.27. The number of H-pyrrole nitrogens is 1. The number of aromatic nitrogens is 1. The molecule has 2 heteroatoms. The van der Waals surface area contributed by atoms with E-state index in [4.69, 9.17) is 5.26 Å². The molecule has 0 bridgehead atoms. The minimum atomic E-state index is 0.762. The van der Waals surface area contributed by atoms with Gasteiger partial charge >= 0.3 is 0 Å². The Hall–Kier alpha value is -1.75. The van der Waals surface area contributed by atoms with Crippen LogP contribution in [-0.4, -0.2) is 4.98 Å². The normalized spacial score (nSPS) is 14.9. The maximum atomic E-state index is 8.96. The predicted octanol–water partition coefficient (Wildman–Crippen LogP) is 2.92. The molecule has 0 radical (unpaired) electrons. The van der Waals surface area contributed by atoms with Gasteiger partial charge in [0.25, 0.3) is 0 Å². The van der Waals surface area contributed by atoms with Crippen molar-refractivity contribution in [3.63, 3.8) is 0 Å². The van der Waals surface area contributed by atoms with E-state index in [1.807, 2.05) is 0 Å². The molecule has 0 amide bonds. The molecule has 1 heterocycles. The summed E-state index contributed by atoms with van der Waals surface area (Å²) in [6.07, 6.45) is 6.73. The number of benzene rings is 1. The third-order valence-electron chi connectivity index (χ3n) is 3.26. The zero-order chi connectivity index (χ0) is 10.3. The minimum Gasteiger partial charge on any atom is -0.360 e. The fourth-order valence-corrected chi connectivity index (χ4v) is 2.45. The molecule has 0 aliphatic heterocycles. The van der Waals surface area contributed by atoms with Gasteiger partial charge in [-0.3, -0.25) is 0 Å². The largest absolute Gasteiger partial charge is 0.360 e. The lowest BCUT2D eigenvalue weighted by Gasteiger charge is -2.15. The predicted molar refractivity (Wildman–Crippen MR) is 59.7 cm³/mol. The quantitative estimate of drug-likeness (QED) is 0.691. The fourth-order valence-electron chi connectivity index (χ4n) is 2.45. The van der Waals surface area contributed by atoms with Crippen LogP contribution in [0.1, 0.15) is 29.5 Å². The Kier molecular flexibility index (Phi) is 1.78. The van der Waals surface area contributed by atoms with Gasteiger partial charge in [0.05, 0.1) is 5.56 Å². The Labute approximate surface area is 88.5 Å². The van der Waals surface area contributed by atoms with Crippen molar-refractivity contribution >= 4 is 10.9 Å². The van der Waals surface area contributed by atoms with Crippen LogP contribution in [0, 0.1) is 11.3 Å². The number of fused-ring (bicyclic) bond motifs is 2. The maximum absolute atomic E-state index is 8.96. The van der Waals surface area contributed by atoms with Crippen molar-refractivity contribution in [1.29, 1.82) is 5.26 Å². The van der Waals surface area contributed by atoms with E-state index in [0.717, 1.165) is 16.5 Å². The summed E-state index contributed by atoms with van der Waals surface area (Å²) in [6.45, 7) is 0. The summed E-state index contributed by atoms with van der Waals surface area (Å²) in [5.41, 5.74) is 4.76. The molecule has 0 fully saturated rings. The molecule has 0 saturated heterocycles. The summed E-state index contributed by atoms with van der Waals surface area (Å²) in [7, 11) is 0. The summed E-state index contributed by atoms with van der Waals surface area (Å²) in [5.74, 6) is 0. The molecule has 1 N–H and O–H groups in total. The number of nitrogens with one attached hydrogen (secondary N) is 1. The van der Waals surface area contributed by atoms with E-state index in [-0.39, 0.29) is 0 Å². The molecule has 1 aliphatic carbocycles. The smallest absolute Gasteiger partial charge is 0.101 e. The lowest BCUT2D eigenvalue weighted by molar-refractivity contribution is 0.687. The van der Waals surface area contributed by atoms with Gasteiger partial charge in [0, 0.05) is 17.1 Å². The minimum absolute atomic E-state index is 0.762. The average molecular weight is 196 g/mol. The van der Waals surface area contributed by atoms with Gasteiger partial charge in [-0.1, -0.05) is 0 Å². The topological polar surface area (TPSA) is 39.6 Å². The van der Waals surface area contributed by atoms with Crippen molar-refractivity contribution in [2.45, 2.75) is 25.7 Å². The van der Waals surface area contributed by atoms with Crippen LogP contribution in [0.25, 0.3) is 10.9 Å². The highest BCUT2D eigenvalue weighted by atomic mass is 14.7. The Bertz CT molecular complexity index is 558. The molecule has 0 saturated carbocycles. The van der Waals surface area contributed by atoms with Gasteiger partial charge in [0.1, 0.15) is 6.07 Å². The number of aromatic amines is 1. The summed E-state index contributed by atoms with van der Waals surface area (Å²) in [6, 6.07) is 6.63. The van der Waals surface area contributed by atoms with Crippen LogP contribution >= 0.6 is 0 Å². The maximum Gasteiger partial charge on any atom is 0.101 e. The van der Waals surface area contributed by atoms with Gasteiger partial charge in [0.15, 0.2) is 0 Å². The first-order valence-electron chi connectivity index (χ1n) is 5.41.